The van der Waals surface area contributed by atoms with Crippen molar-refractivity contribution in [3.8, 4) is 0 Å². The normalized spacial score (nSPS) is 12.1. The number of nitrogens with zero attached hydrogens (tertiary/aromatic N) is 4. The van der Waals surface area contributed by atoms with Crippen LogP contribution in [0.5, 0.6) is 0 Å². The molecule has 7 heteroatoms. The fourth-order valence-electron chi connectivity index (χ4n) is 2.86. The Kier molecular flexibility index (Phi) is 5.64. The van der Waals surface area contributed by atoms with Crippen molar-refractivity contribution >= 4 is 45.5 Å². The van der Waals surface area contributed by atoms with Crippen LogP contribution in [0.25, 0.3) is 16.6 Å². The zero-order chi connectivity index (χ0) is 20.2. The first kappa shape index (κ1) is 19.2. The van der Waals surface area contributed by atoms with E-state index in [2.05, 4.69) is 21.3 Å². The topological polar surface area (TPSA) is 59.6 Å². The van der Waals surface area contributed by atoms with E-state index in [9.17, 15) is 4.79 Å². The third-order valence-electron chi connectivity index (χ3n) is 4.42. The van der Waals surface area contributed by atoms with Crippen molar-refractivity contribution in [2.24, 2.45) is 17.3 Å². The molecule has 144 valence electrons. The van der Waals surface area contributed by atoms with Crippen LogP contribution >= 0.6 is 22.9 Å². The highest BCUT2D eigenvalue weighted by molar-refractivity contribution is 7.09. The van der Waals surface area contributed by atoms with Gasteiger partial charge >= 0.3 is 0 Å². The maximum absolute atomic E-state index is 12.6. The Morgan fingerprint density at radius 1 is 1.14 bits per heavy atom. The summed E-state index contributed by atoms with van der Waals surface area (Å²) in [5.74, 6) is 0.254. The van der Waals surface area contributed by atoms with E-state index in [0.717, 1.165) is 12.0 Å². The van der Waals surface area contributed by atoms with Gasteiger partial charge in [0, 0.05) is 28.9 Å². The number of rotatable bonds is 5. The predicted octanol–water partition coefficient (Wildman–Crippen LogP) is 6.02. The maximum atomic E-state index is 12.6. The summed E-state index contributed by atoms with van der Waals surface area (Å²) in [4.78, 5) is 18.3. The van der Waals surface area contributed by atoms with Crippen molar-refractivity contribution in [1.82, 2.24) is 9.55 Å². The third-order valence-corrected chi connectivity index (χ3v) is 5.57. The smallest absolute Gasteiger partial charge is 0.262 e. The average Bonchev–Trinajstić information content (AvgIpc) is 3.26. The summed E-state index contributed by atoms with van der Waals surface area (Å²) in [7, 11) is 1.65. The standard InChI is InChI=1S/C22H17ClN4OS/c1-27-21(28)18-6-2-3-7-20(18)24-22(27)26-25-19(13-12-17-5-4-14-29-17)15-8-10-16(23)11-9-15/h2-11,13-14H,12H2,1H3/b19-13-,26-25?. The lowest BCUT2D eigenvalue weighted by atomic mass is 10.1. The Morgan fingerprint density at radius 3 is 2.69 bits per heavy atom. The number of thiophene rings is 1. The van der Waals surface area contributed by atoms with Gasteiger partial charge in [-0.1, -0.05) is 48.0 Å². The Morgan fingerprint density at radius 2 is 1.93 bits per heavy atom. The molecule has 0 N–H and O–H groups in total. The van der Waals surface area contributed by atoms with Crippen molar-refractivity contribution < 1.29 is 0 Å². The van der Waals surface area contributed by atoms with Crippen molar-refractivity contribution in [3.05, 3.63) is 97.9 Å². The number of halogens is 1. The van der Waals surface area contributed by atoms with Crippen molar-refractivity contribution in [2.75, 3.05) is 0 Å². The number of allylic oxidation sites excluding steroid dienone is 1. The molecule has 4 rings (SSSR count). The molecule has 0 radical (unpaired) electrons. The molecule has 2 heterocycles. The molecule has 0 aliphatic rings. The minimum Gasteiger partial charge on any atom is -0.278 e. The molecule has 2 aromatic heterocycles. The second-order valence-corrected chi connectivity index (χ2v) is 7.84. The van der Waals surface area contributed by atoms with Gasteiger partial charge in [-0.15, -0.1) is 21.6 Å². The Balaban J connectivity index is 1.74. The van der Waals surface area contributed by atoms with Gasteiger partial charge in [0.2, 0.25) is 0 Å². The summed E-state index contributed by atoms with van der Waals surface area (Å²) < 4.78 is 1.41. The molecule has 0 aliphatic heterocycles. The van der Waals surface area contributed by atoms with Crippen LogP contribution in [0.15, 0.2) is 87.1 Å². The number of aromatic nitrogens is 2. The summed E-state index contributed by atoms with van der Waals surface area (Å²) in [6.45, 7) is 0. The summed E-state index contributed by atoms with van der Waals surface area (Å²) in [6.07, 6.45) is 2.75. The largest absolute Gasteiger partial charge is 0.278 e. The van der Waals surface area contributed by atoms with Gasteiger partial charge in [0.05, 0.1) is 16.6 Å². The van der Waals surface area contributed by atoms with E-state index in [1.54, 1.807) is 30.5 Å². The molecule has 29 heavy (non-hydrogen) atoms. The Bertz CT molecular complexity index is 1260. The minimum atomic E-state index is -0.153. The van der Waals surface area contributed by atoms with E-state index in [1.165, 1.54) is 9.44 Å². The molecular formula is C22H17ClN4OS. The van der Waals surface area contributed by atoms with Crippen LogP contribution < -0.4 is 5.56 Å². The second kappa shape index (κ2) is 8.51. The molecule has 0 spiro atoms. The lowest BCUT2D eigenvalue weighted by Crippen LogP contribution is -2.17. The average molecular weight is 421 g/mol. The van der Waals surface area contributed by atoms with E-state index in [1.807, 2.05) is 53.9 Å². The molecule has 0 fully saturated rings. The first-order valence-corrected chi connectivity index (χ1v) is 10.2. The molecule has 0 saturated carbocycles. The summed E-state index contributed by atoms with van der Waals surface area (Å²) in [5, 5.41) is 12.0. The summed E-state index contributed by atoms with van der Waals surface area (Å²) in [6, 6.07) is 18.7. The van der Waals surface area contributed by atoms with Crippen LogP contribution in [0, 0.1) is 0 Å². The lowest BCUT2D eigenvalue weighted by molar-refractivity contribution is 0.831. The van der Waals surface area contributed by atoms with E-state index < -0.39 is 0 Å². The molecule has 4 aromatic rings. The van der Waals surface area contributed by atoms with Crippen molar-refractivity contribution in [3.63, 3.8) is 0 Å². The number of hydrogen-bond donors (Lipinski definition) is 0. The number of azo groups is 1. The highest BCUT2D eigenvalue weighted by atomic mass is 35.5. The van der Waals surface area contributed by atoms with Crippen LogP contribution in [0.3, 0.4) is 0 Å². The second-order valence-electron chi connectivity index (χ2n) is 6.37. The van der Waals surface area contributed by atoms with Crippen LogP contribution in [0.1, 0.15) is 10.4 Å². The van der Waals surface area contributed by atoms with Crippen molar-refractivity contribution in [2.45, 2.75) is 6.42 Å². The quantitative estimate of drug-likeness (QED) is 0.371. The number of benzene rings is 2. The molecule has 0 atom stereocenters. The first-order valence-electron chi connectivity index (χ1n) is 8.98. The molecular weight excluding hydrogens is 404 g/mol. The van der Waals surface area contributed by atoms with Crippen LogP contribution in [-0.2, 0) is 13.5 Å². The molecule has 2 aromatic carbocycles. The van der Waals surface area contributed by atoms with E-state index in [4.69, 9.17) is 11.6 Å². The molecule has 0 saturated heterocycles. The fourth-order valence-corrected chi connectivity index (χ4v) is 3.65. The molecule has 0 bridgehead atoms. The van der Waals surface area contributed by atoms with Gasteiger partial charge in [0.1, 0.15) is 0 Å². The van der Waals surface area contributed by atoms with E-state index >= 15 is 0 Å². The third kappa shape index (κ3) is 4.34. The minimum absolute atomic E-state index is 0.153. The number of hydrogen-bond acceptors (Lipinski definition) is 5. The summed E-state index contributed by atoms with van der Waals surface area (Å²) in [5.41, 5.74) is 2.03. The van der Waals surface area contributed by atoms with Crippen molar-refractivity contribution in [1.29, 1.82) is 0 Å². The van der Waals surface area contributed by atoms with E-state index in [0.29, 0.717) is 21.6 Å². The van der Waals surface area contributed by atoms with Crippen LogP contribution in [-0.4, -0.2) is 9.55 Å². The van der Waals surface area contributed by atoms with Gasteiger partial charge in [0.15, 0.2) is 0 Å². The van der Waals surface area contributed by atoms with Gasteiger partial charge in [-0.25, -0.2) is 4.98 Å². The fraction of sp³-hybridized carbons (Fsp3) is 0.0909. The highest BCUT2D eigenvalue weighted by Gasteiger charge is 2.08. The molecule has 0 unspecified atom stereocenters. The Hall–Kier alpha value is -3.09. The Labute approximate surface area is 176 Å². The number of fused-ring (bicyclic) bond motifs is 1. The predicted molar refractivity (Wildman–Crippen MR) is 119 cm³/mol. The van der Waals surface area contributed by atoms with Gasteiger partial charge in [0.25, 0.3) is 11.5 Å². The lowest BCUT2D eigenvalue weighted by Gasteiger charge is -2.05. The zero-order valence-corrected chi connectivity index (χ0v) is 17.2. The molecule has 5 nitrogen and oxygen atoms in total. The van der Waals surface area contributed by atoms with Crippen LogP contribution in [0.2, 0.25) is 5.02 Å². The van der Waals surface area contributed by atoms with Gasteiger partial charge in [-0.05, 0) is 35.7 Å². The SMILES string of the molecule is Cn1c(N=N/C(=C\Cc2cccs2)c2ccc(Cl)cc2)nc2ccccc2c1=O. The number of para-hydroxylation sites is 1. The molecule has 0 amide bonds. The van der Waals surface area contributed by atoms with Crippen LogP contribution in [0.4, 0.5) is 5.95 Å². The van der Waals surface area contributed by atoms with Gasteiger partial charge in [-0.3, -0.25) is 9.36 Å². The first-order chi connectivity index (χ1) is 14.1. The zero-order valence-electron chi connectivity index (χ0n) is 15.6. The molecule has 0 aliphatic carbocycles. The van der Waals surface area contributed by atoms with E-state index in [-0.39, 0.29) is 11.5 Å². The highest BCUT2D eigenvalue weighted by Crippen LogP contribution is 2.23. The maximum Gasteiger partial charge on any atom is 0.262 e. The monoisotopic (exact) mass is 420 g/mol. The van der Waals surface area contributed by atoms with Gasteiger partial charge in [-0.2, -0.15) is 0 Å². The summed E-state index contributed by atoms with van der Waals surface area (Å²) >= 11 is 7.71. The van der Waals surface area contributed by atoms with Gasteiger partial charge < -0.3 is 0 Å².